The van der Waals surface area contributed by atoms with Crippen molar-refractivity contribution in [1.29, 1.82) is 0 Å². The Morgan fingerprint density at radius 3 is 2.25 bits per heavy atom. The van der Waals surface area contributed by atoms with Crippen LogP contribution in [0.2, 0.25) is 0 Å². The van der Waals surface area contributed by atoms with Gasteiger partial charge in [0.1, 0.15) is 5.75 Å². The summed E-state index contributed by atoms with van der Waals surface area (Å²) in [7, 11) is 0. The molecular weight excluding hydrogens is 208 g/mol. The Kier molecular flexibility index (Phi) is 2.42. The predicted octanol–water partition coefficient (Wildman–Crippen LogP) is 1.77. The lowest BCUT2D eigenvalue weighted by molar-refractivity contribution is -0.155. The maximum Gasteiger partial charge on any atom is 0.328 e. The molecule has 0 bridgehead atoms. The molecule has 1 aromatic rings. The van der Waals surface area contributed by atoms with E-state index in [1.807, 2.05) is 19.1 Å². The fourth-order valence-electron chi connectivity index (χ4n) is 1.44. The van der Waals surface area contributed by atoms with Gasteiger partial charge in [0.05, 0.1) is 0 Å². The van der Waals surface area contributed by atoms with Crippen LogP contribution in [0, 0.1) is 12.3 Å². The summed E-state index contributed by atoms with van der Waals surface area (Å²) in [6, 6.07) is 6.93. The molecule has 0 aromatic heterocycles. The number of ether oxygens (including phenoxy) is 1. The fourth-order valence-corrected chi connectivity index (χ4v) is 1.44. The van der Waals surface area contributed by atoms with Crippen molar-refractivity contribution < 1.29 is 19.4 Å². The monoisotopic (exact) mass is 220 g/mol. The highest BCUT2D eigenvalue weighted by Gasteiger charge is 2.58. The maximum atomic E-state index is 11.6. The number of carboxylic acids is 1. The molecule has 1 aliphatic rings. The van der Waals surface area contributed by atoms with Crippen LogP contribution in [0.5, 0.6) is 5.75 Å². The molecule has 1 saturated carbocycles. The first-order chi connectivity index (χ1) is 7.54. The topological polar surface area (TPSA) is 63.6 Å². The van der Waals surface area contributed by atoms with Gasteiger partial charge in [-0.15, -0.1) is 0 Å². The van der Waals surface area contributed by atoms with Crippen molar-refractivity contribution in [2.45, 2.75) is 19.8 Å². The Morgan fingerprint density at radius 1 is 1.25 bits per heavy atom. The second-order valence-corrected chi connectivity index (χ2v) is 4.09. The number of carbonyl (C=O) groups excluding carboxylic acids is 1. The molecule has 2 rings (SSSR count). The van der Waals surface area contributed by atoms with E-state index in [4.69, 9.17) is 9.84 Å². The number of aryl methyl sites for hydroxylation is 1. The van der Waals surface area contributed by atoms with Gasteiger partial charge in [0.25, 0.3) is 0 Å². The van der Waals surface area contributed by atoms with E-state index in [9.17, 15) is 9.59 Å². The van der Waals surface area contributed by atoms with Gasteiger partial charge in [-0.2, -0.15) is 0 Å². The average molecular weight is 220 g/mol. The lowest BCUT2D eigenvalue weighted by Crippen LogP contribution is -2.29. The van der Waals surface area contributed by atoms with Gasteiger partial charge in [-0.25, -0.2) is 0 Å². The van der Waals surface area contributed by atoms with Crippen LogP contribution >= 0.6 is 0 Å². The molecule has 1 aliphatic carbocycles. The Bertz CT molecular complexity index is 429. The van der Waals surface area contributed by atoms with Crippen LogP contribution in [0.4, 0.5) is 0 Å². The van der Waals surface area contributed by atoms with Crippen molar-refractivity contribution >= 4 is 11.9 Å². The lowest BCUT2D eigenvalue weighted by Gasteiger charge is -2.09. The van der Waals surface area contributed by atoms with Crippen LogP contribution in [0.1, 0.15) is 18.4 Å². The molecule has 1 N–H and O–H groups in total. The molecule has 1 aromatic carbocycles. The zero-order valence-electron chi connectivity index (χ0n) is 8.90. The highest BCUT2D eigenvalue weighted by molar-refractivity contribution is 6.02. The number of carboxylic acid groups (broad SMARTS) is 1. The second kappa shape index (κ2) is 3.63. The molecule has 16 heavy (non-hydrogen) atoms. The van der Waals surface area contributed by atoms with E-state index in [1.54, 1.807) is 12.1 Å². The molecule has 0 spiro atoms. The van der Waals surface area contributed by atoms with Gasteiger partial charge in [0.2, 0.25) is 0 Å². The Balaban J connectivity index is 2.08. The summed E-state index contributed by atoms with van der Waals surface area (Å²) >= 11 is 0. The van der Waals surface area contributed by atoms with Gasteiger partial charge >= 0.3 is 11.9 Å². The normalized spacial score (nSPS) is 16.6. The third-order valence-electron chi connectivity index (χ3n) is 2.78. The number of esters is 1. The van der Waals surface area contributed by atoms with Crippen molar-refractivity contribution in [3.63, 3.8) is 0 Å². The molecule has 0 heterocycles. The van der Waals surface area contributed by atoms with E-state index >= 15 is 0 Å². The molecule has 0 unspecified atom stereocenters. The van der Waals surface area contributed by atoms with Crippen LogP contribution < -0.4 is 4.74 Å². The molecule has 0 atom stereocenters. The minimum Gasteiger partial charge on any atom is -0.480 e. The largest absolute Gasteiger partial charge is 0.480 e. The Hall–Kier alpha value is -1.84. The van der Waals surface area contributed by atoms with E-state index < -0.39 is 17.4 Å². The zero-order chi connectivity index (χ0) is 11.8. The first kappa shape index (κ1) is 10.7. The second-order valence-electron chi connectivity index (χ2n) is 4.09. The van der Waals surface area contributed by atoms with Crippen molar-refractivity contribution in [3.05, 3.63) is 29.8 Å². The fraction of sp³-hybridized carbons (Fsp3) is 0.333. The van der Waals surface area contributed by atoms with Crippen LogP contribution in [0.3, 0.4) is 0 Å². The summed E-state index contributed by atoms with van der Waals surface area (Å²) < 4.78 is 5.04. The molecule has 1 fully saturated rings. The van der Waals surface area contributed by atoms with Crippen LogP contribution in [-0.4, -0.2) is 17.0 Å². The summed E-state index contributed by atoms with van der Waals surface area (Å²) in [6.45, 7) is 1.92. The third kappa shape index (κ3) is 1.78. The summed E-state index contributed by atoms with van der Waals surface area (Å²) in [5.74, 6) is -1.36. The number of hydrogen-bond donors (Lipinski definition) is 1. The zero-order valence-corrected chi connectivity index (χ0v) is 8.90. The summed E-state index contributed by atoms with van der Waals surface area (Å²) in [4.78, 5) is 22.5. The Morgan fingerprint density at radius 2 is 1.81 bits per heavy atom. The SMILES string of the molecule is Cc1ccc(OC(=O)C2(C(=O)O)CC2)cc1. The minimum absolute atomic E-state index is 0.368. The quantitative estimate of drug-likeness (QED) is 0.479. The first-order valence-corrected chi connectivity index (χ1v) is 5.07. The standard InChI is InChI=1S/C12H12O4/c1-8-2-4-9(5-3-8)16-11(15)12(6-7-12)10(13)14/h2-5H,6-7H2,1H3,(H,13,14). The van der Waals surface area contributed by atoms with E-state index in [1.165, 1.54) is 0 Å². The number of carbonyl (C=O) groups is 2. The lowest BCUT2D eigenvalue weighted by atomic mass is 10.1. The van der Waals surface area contributed by atoms with Crippen LogP contribution in [0.25, 0.3) is 0 Å². The van der Waals surface area contributed by atoms with Crippen molar-refractivity contribution in [2.75, 3.05) is 0 Å². The minimum atomic E-state index is -1.29. The van der Waals surface area contributed by atoms with E-state index in [-0.39, 0.29) is 0 Å². The van der Waals surface area contributed by atoms with E-state index in [0.717, 1.165) is 5.56 Å². The molecule has 4 nitrogen and oxygen atoms in total. The van der Waals surface area contributed by atoms with Gasteiger partial charge in [-0.3, -0.25) is 9.59 Å². The molecule has 0 saturated heterocycles. The van der Waals surface area contributed by atoms with E-state index in [0.29, 0.717) is 18.6 Å². The van der Waals surface area contributed by atoms with Crippen molar-refractivity contribution in [3.8, 4) is 5.75 Å². The third-order valence-corrected chi connectivity index (χ3v) is 2.78. The van der Waals surface area contributed by atoms with E-state index in [2.05, 4.69) is 0 Å². The molecular formula is C12H12O4. The average Bonchev–Trinajstić information content (AvgIpc) is 3.02. The molecule has 4 heteroatoms. The molecule has 0 amide bonds. The summed E-state index contributed by atoms with van der Waals surface area (Å²) in [6.07, 6.45) is 0.736. The maximum absolute atomic E-state index is 11.6. The van der Waals surface area contributed by atoms with Crippen molar-refractivity contribution in [2.24, 2.45) is 5.41 Å². The van der Waals surface area contributed by atoms with Gasteiger partial charge < -0.3 is 9.84 Å². The number of aliphatic carboxylic acids is 1. The van der Waals surface area contributed by atoms with Gasteiger partial charge in [-0.05, 0) is 31.9 Å². The highest BCUT2D eigenvalue weighted by Crippen LogP contribution is 2.47. The van der Waals surface area contributed by atoms with Gasteiger partial charge in [0.15, 0.2) is 5.41 Å². The Labute approximate surface area is 92.8 Å². The summed E-state index contributed by atoms with van der Waals surface area (Å²) in [5.41, 5.74) is -0.232. The number of benzene rings is 1. The first-order valence-electron chi connectivity index (χ1n) is 5.07. The van der Waals surface area contributed by atoms with Crippen LogP contribution in [0.15, 0.2) is 24.3 Å². The molecule has 0 aliphatic heterocycles. The van der Waals surface area contributed by atoms with Gasteiger partial charge in [-0.1, -0.05) is 17.7 Å². The molecule has 0 radical (unpaired) electrons. The summed E-state index contributed by atoms with van der Waals surface area (Å²) in [5, 5.41) is 8.90. The predicted molar refractivity (Wildman–Crippen MR) is 56.1 cm³/mol. The molecule has 84 valence electrons. The smallest absolute Gasteiger partial charge is 0.328 e. The number of rotatable bonds is 3. The van der Waals surface area contributed by atoms with Crippen LogP contribution in [-0.2, 0) is 9.59 Å². The highest BCUT2D eigenvalue weighted by atomic mass is 16.5. The van der Waals surface area contributed by atoms with Gasteiger partial charge in [0, 0.05) is 0 Å². The number of hydrogen-bond acceptors (Lipinski definition) is 3. The van der Waals surface area contributed by atoms with Crippen molar-refractivity contribution in [1.82, 2.24) is 0 Å².